The summed E-state index contributed by atoms with van der Waals surface area (Å²) in [6.45, 7) is 0.266. The smallest absolute Gasteiger partial charge is 0.253 e. The first-order chi connectivity index (χ1) is 9.69. The van der Waals surface area contributed by atoms with Gasteiger partial charge in [-0.05, 0) is 0 Å². The van der Waals surface area contributed by atoms with Gasteiger partial charge in [0.05, 0.1) is 24.5 Å². The number of aromatic nitrogens is 6. The van der Waals surface area contributed by atoms with E-state index in [1.54, 1.807) is 17.9 Å². The summed E-state index contributed by atoms with van der Waals surface area (Å²) in [7, 11) is 3.60. The van der Waals surface area contributed by atoms with Crippen LogP contribution in [0.1, 0.15) is 5.82 Å². The summed E-state index contributed by atoms with van der Waals surface area (Å²) >= 11 is 0. The van der Waals surface area contributed by atoms with Crippen molar-refractivity contribution in [3.8, 4) is 0 Å². The lowest BCUT2D eigenvalue weighted by Gasteiger charge is -2.07. The van der Waals surface area contributed by atoms with Gasteiger partial charge in [0.15, 0.2) is 11.5 Å². The third-order valence-corrected chi connectivity index (χ3v) is 2.98. The van der Waals surface area contributed by atoms with Gasteiger partial charge < -0.3 is 5.32 Å². The molecule has 102 valence electrons. The van der Waals surface area contributed by atoms with Gasteiger partial charge in [-0.3, -0.25) is 14.0 Å². The molecule has 0 radical (unpaired) electrons. The molecule has 8 heteroatoms. The molecule has 3 rings (SSSR count). The predicted molar refractivity (Wildman–Crippen MR) is 73.4 cm³/mol. The van der Waals surface area contributed by atoms with E-state index in [-0.39, 0.29) is 12.1 Å². The Morgan fingerprint density at radius 1 is 1.35 bits per heavy atom. The average Bonchev–Trinajstić information content (AvgIpc) is 2.82. The molecular weight excluding hydrogens is 258 g/mol. The van der Waals surface area contributed by atoms with Crippen LogP contribution in [-0.4, -0.2) is 36.3 Å². The first-order valence-corrected chi connectivity index (χ1v) is 6.06. The Hall–Kier alpha value is -2.77. The zero-order valence-electron chi connectivity index (χ0n) is 11.1. The molecule has 3 heterocycles. The Morgan fingerprint density at radius 3 is 2.95 bits per heavy atom. The van der Waals surface area contributed by atoms with Crippen molar-refractivity contribution in [2.75, 3.05) is 12.4 Å². The normalized spacial score (nSPS) is 10.9. The van der Waals surface area contributed by atoms with E-state index < -0.39 is 0 Å². The van der Waals surface area contributed by atoms with Crippen molar-refractivity contribution in [2.24, 2.45) is 7.05 Å². The van der Waals surface area contributed by atoms with E-state index in [9.17, 15) is 4.79 Å². The highest BCUT2D eigenvalue weighted by molar-refractivity contribution is 5.86. The number of fused-ring (bicyclic) bond motifs is 1. The van der Waals surface area contributed by atoms with Gasteiger partial charge in [0.1, 0.15) is 5.82 Å². The van der Waals surface area contributed by atoms with Crippen LogP contribution in [-0.2, 0) is 13.6 Å². The van der Waals surface area contributed by atoms with Crippen LogP contribution in [0.2, 0.25) is 0 Å². The van der Waals surface area contributed by atoms with Gasteiger partial charge in [-0.1, -0.05) is 0 Å². The number of rotatable bonds is 3. The molecular formula is C12H13N7O. The largest absolute Gasteiger partial charge is 0.372 e. The fraction of sp³-hybridized carbons (Fsp3) is 0.250. The molecule has 0 bridgehead atoms. The Bertz CT molecular complexity index is 820. The van der Waals surface area contributed by atoms with Crippen molar-refractivity contribution in [2.45, 2.75) is 6.54 Å². The second kappa shape index (κ2) is 4.72. The average molecular weight is 271 g/mol. The summed E-state index contributed by atoms with van der Waals surface area (Å²) in [6.07, 6.45) is 4.64. The van der Waals surface area contributed by atoms with E-state index in [1.165, 1.54) is 23.2 Å². The monoisotopic (exact) mass is 271 g/mol. The number of hydrogen-bond donors (Lipinski definition) is 1. The molecule has 0 atom stereocenters. The molecule has 0 saturated heterocycles. The second-order valence-electron chi connectivity index (χ2n) is 4.29. The minimum atomic E-state index is -0.139. The Kier molecular flexibility index (Phi) is 2.90. The molecule has 0 saturated carbocycles. The van der Waals surface area contributed by atoms with Crippen molar-refractivity contribution in [3.05, 3.63) is 41.0 Å². The quantitative estimate of drug-likeness (QED) is 0.721. The van der Waals surface area contributed by atoms with Crippen LogP contribution >= 0.6 is 0 Å². The van der Waals surface area contributed by atoms with E-state index in [1.807, 2.05) is 7.05 Å². The fourth-order valence-corrected chi connectivity index (χ4v) is 1.98. The van der Waals surface area contributed by atoms with Gasteiger partial charge in [0.2, 0.25) is 0 Å². The van der Waals surface area contributed by atoms with Crippen molar-refractivity contribution >= 4 is 16.9 Å². The van der Waals surface area contributed by atoms with E-state index in [0.717, 1.165) is 11.0 Å². The number of nitrogens with one attached hydrogen (secondary N) is 1. The van der Waals surface area contributed by atoms with Gasteiger partial charge in [-0.25, -0.2) is 15.0 Å². The lowest BCUT2D eigenvalue weighted by atomic mass is 10.3. The fourth-order valence-electron chi connectivity index (χ4n) is 1.98. The highest BCUT2D eigenvalue weighted by Gasteiger charge is 2.11. The van der Waals surface area contributed by atoms with Crippen LogP contribution in [0.25, 0.3) is 11.0 Å². The molecule has 20 heavy (non-hydrogen) atoms. The lowest BCUT2D eigenvalue weighted by molar-refractivity contribution is 0.695. The molecule has 0 aliphatic carbocycles. The minimum absolute atomic E-state index is 0.139. The molecule has 3 aromatic rings. The molecule has 0 fully saturated rings. The zero-order valence-corrected chi connectivity index (χ0v) is 11.1. The van der Waals surface area contributed by atoms with Gasteiger partial charge in [-0.2, -0.15) is 5.10 Å². The third-order valence-electron chi connectivity index (χ3n) is 2.98. The third kappa shape index (κ3) is 2.00. The maximum absolute atomic E-state index is 11.7. The van der Waals surface area contributed by atoms with Crippen LogP contribution in [0.5, 0.6) is 0 Å². The molecule has 0 aromatic carbocycles. The standard InChI is InChI=1S/C12H13N7O/c1-13-11-8-5-15-18(2)12(8)17-9(16-11)6-19-7-14-4-3-10(19)20/h3-5,7H,6H2,1-2H3,(H,13,16,17). The number of anilines is 1. The molecule has 0 aliphatic heterocycles. The maximum atomic E-state index is 11.7. The first kappa shape index (κ1) is 12.3. The molecule has 0 amide bonds. The topological polar surface area (TPSA) is 90.5 Å². The Labute approximate surface area is 114 Å². The van der Waals surface area contributed by atoms with Crippen LogP contribution in [0.3, 0.4) is 0 Å². The van der Waals surface area contributed by atoms with Crippen LogP contribution < -0.4 is 10.9 Å². The molecule has 8 nitrogen and oxygen atoms in total. The number of hydrogen-bond acceptors (Lipinski definition) is 6. The number of nitrogens with zero attached hydrogens (tertiary/aromatic N) is 6. The second-order valence-corrected chi connectivity index (χ2v) is 4.29. The molecule has 0 spiro atoms. The summed E-state index contributed by atoms with van der Waals surface area (Å²) in [6, 6.07) is 1.40. The summed E-state index contributed by atoms with van der Waals surface area (Å²) in [5.74, 6) is 1.22. The summed E-state index contributed by atoms with van der Waals surface area (Å²) in [4.78, 5) is 24.5. The van der Waals surface area contributed by atoms with Crippen LogP contribution in [0, 0.1) is 0 Å². The van der Waals surface area contributed by atoms with Crippen molar-refractivity contribution < 1.29 is 0 Å². The predicted octanol–water partition coefficient (Wildman–Crippen LogP) is 0.01000. The van der Waals surface area contributed by atoms with Gasteiger partial charge >= 0.3 is 0 Å². The van der Waals surface area contributed by atoms with Crippen molar-refractivity contribution in [3.63, 3.8) is 0 Å². The van der Waals surface area contributed by atoms with E-state index in [0.29, 0.717) is 11.6 Å². The Morgan fingerprint density at radius 2 is 2.20 bits per heavy atom. The van der Waals surface area contributed by atoms with E-state index in [4.69, 9.17) is 0 Å². The highest BCUT2D eigenvalue weighted by atomic mass is 16.1. The maximum Gasteiger partial charge on any atom is 0.253 e. The lowest BCUT2D eigenvalue weighted by Crippen LogP contribution is -2.20. The van der Waals surface area contributed by atoms with Gasteiger partial charge in [0, 0.05) is 26.4 Å². The molecule has 1 N–H and O–H groups in total. The Balaban J connectivity index is 2.10. The van der Waals surface area contributed by atoms with Crippen LogP contribution in [0.15, 0.2) is 29.6 Å². The highest BCUT2D eigenvalue weighted by Crippen LogP contribution is 2.18. The van der Waals surface area contributed by atoms with E-state index >= 15 is 0 Å². The van der Waals surface area contributed by atoms with Gasteiger partial charge in [-0.15, -0.1) is 0 Å². The zero-order chi connectivity index (χ0) is 14.1. The first-order valence-electron chi connectivity index (χ1n) is 6.06. The van der Waals surface area contributed by atoms with Gasteiger partial charge in [0.25, 0.3) is 5.56 Å². The summed E-state index contributed by atoms with van der Waals surface area (Å²) < 4.78 is 3.13. The van der Waals surface area contributed by atoms with Crippen molar-refractivity contribution in [1.82, 2.24) is 29.3 Å². The number of aryl methyl sites for hydroxylation is 1. The summed E-state index contributed by atoms with van der Waals surface area (Å²) in [5, 5.41) is 8.02. The molecule has 3 aromatic heterocycles. The van der Waals surface area contributed by atoms with Crippen LogP contribution in [0.4, 0.5) is 5.82 Å². The minimum Gasteiger partial charge on any atom is -0.372 e. The summed E-state index contributed by atoms with van der Waals surface area (Å²) in [5.41, 5.74) is 0.580. The SMILES string of the molecule is CNc1nc(Cn2cnccc2=O)nc2c1cnn2C. The van der Waals surface area contributed by atoms with E-state index in [2.05, 4.69) is 25.4 Å². The molecule has 0 aliphatic rings. The molecule has 0 unspecified atom stereocenters. The van der Waals surface area contributed by atoms with Crippen molar-refractivity contribution in [1.29, 1.82) is 0 Å².